The monoisotopic (exact) mass is 453 g/mol. The number of unbranched alkanes of at least 4 members (excludes halogenated alkanes) is 2. The Labute approximate surface area is 192 Å². The van der Waals surface area contributed by atoms with Crippen LogP contribution in [0.5, 0.6) is 5.75 Å². The van der Waals surface area contributed by atoms with Gasteiger partial charge in [-0.3, -0.25) is 9.59 Å². The number of thioether (sulfide) groups is 1. The molecule has 0 bridgehead atoms. The Bertz CT molecular complexity index is 1030. The Morgan fingerprint density at radius 3 is 2.56 bits per heavy atom. The number of carbonyl (C=O) groups excluding carboxylic acids is 2. The molecule has 32 heavy (non-hydrogen) atoms. The van der Waals surface area contributed by atoms with Gasteiger partial charge < -0.3 is 14.5 Å². The van der Waals surface area contributed by atoms with Crippen LogP contribution in [-0.4, -0.2) is 34.2 Å². The van der Waals surface area contributed by atoms with Crippen molar-refractivity contribution in [3.8, 4) is 17.2 Å². The quantitative estimate of drug-likeness (QED) is 0.216. The molecule has 0 saturated heterocycles. The minimum Gasteiger partial charge on any atom is -0.493 e. The standard InChI is InChI=1S/C24H27N3O4S/c1-3-5-6-11-22(29)25-18-14-12-17(13-15-18)20(28)16-32-24-27-26-23(31-24)19-9-7-8-10-21(19)30-4-2/h7-10,12-15H,3-6,11,16H2,1-2H3,(H,25,29). The minimum absolute atomic E-state index is 0.00816. The lowest BCUT2D eigenvalue weighted by Gasteiger charge is -2.06. The van der Waals surface area contributed by atoms with E-state index in [1.54, 1.807) is 24.3 Å². The minimum atomic E-state index is -0.0645. The molecule has 2 aromatic carbocycles. The molecule has 0 unspecified atom stereocenters. The fourth-order valence-electron chi connectivity index (χ4n) is 3.01. The predicted octanol–water partition coefficient (Wildman–Crippen LogP) is 5.63. The summed E-state index contributed by atoms with van der Waals surface area (Å²) in [6.45, 7) is 4.54. The Morgan fingerprint density at radius 1 is 1.03 bits per heavy atom. The van der Waals surface area contributed by atoms with Gasteiger partial charge in [0.25, 0.3) is 11.1 Å². The SMILES string of the molecule is CCCCCC(=O)Nc1ccc(C(=O)CSc2nnc(-c3ccccc3OCC)o2)cc1. The van der Waals surface area contributed by atoms with E-state index >= 15 is 0 Å². The number of aromatic nitrogens is 2. The summed E-state index contributed by atoms with van der Waals surface area (Å²) in [5.41, 5.74) is 1.96. The second-order valence-corrected chi connectivity index (χ2v) is 8.02. The summed E-state index contributed by atoms with van der Waals surface area (Å²) >= 11 is 1.18. The van der Waals surface area contributed by atoms with E-state index in [9.17, 15) is 9.59 Å². The molecule has 0 aliphatic carbocycles. The van der Waals surface area contributed by atoms with Gasteiger partial charge >= 0.3 is 0 Å². The maximum absolute atomic E-state index is 12.5. The number of rotatable bonds is 12. The third-order valence-corrected chi connectivity index (χ3v) is 5.47. The molecule has 0 aliphatic heterocycles. The summed E-state index contributed by atoms with van der Waals surface area (Å²) in [5, 5.41) is 11.3. The molecule has 0 aliphatic rings. The summed E-state index contributed by atoms with van der Waals surface area (Å²) in [6.07, 6.45) is 3.50. The van der Waals surface area contributed by atoms with Gasteiger partial charge in [-0.1, -0.05) is 43.7 Å². The van der Waals surface area contributed by atoms with Crippen LogP contribution in [0.3, 0.4) is 0 Å². The van der Waals surface area contributed by atoms with Crippen molar-refractivity contribution in [2.24, 2.45) is 0 Å². The van der Waals surface area contributed by atoms with Gasteiger partial charge in [-0.15, -0.1) is 10.2 Å². The average Bonchev–Trinajstić information content (AvgIpc) is 3.28. The second-order valence-electron chi connectivity index (χ2n) is 7.10. The number of anilines is 1. The van der Waals surface area contributed by atoms with Crippen LogP contribution in [0.25, 0.3) is 11.5 Å². The van der Waals surface area contributed by atoms with Crippen molar-refractivity contribution in [2.45, 2.75) is 44.8 Å². The molecule has 1 N–H and O–H groups in total. The number of hydrogen-bond donors (Lipinski definition) is 1. The molecule has 0 radical (unpaired) electrons. The van der Waals surface area contributed by atoms with Gasteiger partial charge in [0, 0.05) is 17.7 Å². The molecule has 3 aromatic rings. The third kappa shape index (κ3) is 6.68. The van der Waals surface area contributed by atoms with Crippen LogP contribution >= 0.6 is 11.8 Å². The van der Waals surface area contributed by atoms with Gasteiger partial charge in [0.15, 0.2) is 5.78 Å². The molecule has 3 rings (SSSR count). The number of hydrogen-bond acceptors (Lipinski definition) is 7. The molecule has 7 nitrogen and oxygen atoms in total. The summed E-state index contributed by atoms with van der Waals surface area (Å²) in [4.78, 5) is 24.4. The zero-order valence-corrected chi connectivity index (χ0v) is 19.1. The Morgan fingerprint density at radius 2 is 1.81 bits per heavy atom. The predicted molar refractivity (Wildman–Crippen MR) is 125 cm³/mol. The lowest BCUT2D eigenvalue weighted by atomic mass is 10.1. The third-order valence-electron chi connectivity index (χ3n) is 4.65. The first kappa shape index (κ1) is 23.5. The number of para-hydroxylation sites is 1. The van der Waals surface area contributed by atoms with Crippen molar-refractivity contribution in [2.75, 3.05) is 17.7 Å². The number of amides is 1. The molecular weight excluding hydrogens is 426 g/mol. The molecule has 168 valence electrons. The van der Waals surface area contributed by atoms with E-state index in [0.717, 1.165) is 19.3 Å². The Balaban J connectivity index is 1.53. The lowest BCUT2D eigenvalue weighted by Crippen LogP contribution is -2.11. The van der Waals surface area contributed by atoms with E-state index in [0.29, 0.717) is 46.7 Å². The van der Waals surface area contributed by atoms with Crippen molar-refractivity contribution in [3.63, 3.8) is 0 Å². The van der Waals surface area contributed by atoms with Crippen LogP contribution in [0.15, 0.2) is 58.2 Å². The first-order chi connectivity index (χ1) is 15.6. The molecule has 1 aromatic heterocycles. The first-order valence-electron chi connectivity index (χ1n) is 10.7. The van der Waals surface area contributed by atoms with Gasteiger partial charge in [-0.05, 0) is 49.7 Å². The van der Waals surface area contributed by atoms with Crippen LogP contribution in [-0.2, 0) is 4.79 Å². The second kappa shape index (κ2) is 12.0. The number of ketones is 1. The number of nitrogens with one attached hydrogen (secondary N) is 1. The summed E-state index contributed by atoms with van der Waals surface area (Å²) < 4.78 is 11.3. The normalized spacial score (nSPS) is 10.7. The number of carbonyl (C=O) groups is 2. The van der Waals surface area contributed by atoms with E-state index in [1.807, 2.05) is 31.2 Å². The maximum Gasteiger partial charge on any atom is 0.277 e. The fraction of sp³-hybridized carbons (Fsp3) is 0.333. The van der Waals surface area contributed by atoms with Gasteiger partial charge in [0.2, 0.25) is 5.91 Å². The van der Waals surface area contributed by atoms with E-state index in [1.165, 1.54) is 11.8 Å². The largest absolute Gasteiger partial charge is 0.493 e. The van der Waals surface area contributed by atoms with Crippen molar-refractivity contribution >= 4 is 29.1 Å². The van der Waals surface area contributed by atoms with Gasteiger partial charge in [-0.2, -0.15) is 0 Å². The Hall–Kier alpha value is -3.13. The average molecular weight is 454 g/mol. The highest BCUT2D eigenvalue weighted by molar-refractivity contribution is 7.99. The molecule has 0 saturated carbocycles. The van der Waals surface area contributed by atoms with Crippen molar-refractivity contribution < 1.29 is 18.7 Å². The highest BCUT2D eigenvalue weighted by atomic mass is 32.2. The molecule has 0 atom stereocenters. The van der Waals surface area contributed by atoms with Crippen LogP contribution in [0.4, 0.5) is 5.69 Å². The molecule has 1 heterocycles. The van der Waals surface area contributed by atoms with Gasteiger partial charge in [-0.25, -0.2) is 0 Å². The van der Waals surface area contributed by atoms with Crippen molar-refractivity contribution in [3.05, 3.63) is 54.1 Å². The molecule has 0 spiro atoms. The van der Waals surface area contributed by atoms with E-state index < -0.39 is 0 Å². The number of ether oxygens (including phenoxy) is 1. The van der Waals surface area contributed by atoms with Crippen molar-refractivity contribution in [1.82, 2.24) is 10.2 Å². The van der Waals surface area contributed by atoms with E-state index in [-0.39, 0.29) is 17.4 Å². The van der Waals surface area contributed by atoms with Crippen LogP contribution in [0.1, 0.15) is 49.9 Å². The fourth-order valence-corrected chi connectivity index (χ4v) is 3.67. The molecular formula is C24H27N3O4S. The lowest BCUT2D eigenvalue weighted by molar-refractivity contribution is -0.116. The van der Waals surface area contributed by atoms with Gasteiger partial charge in [0.1, 0.15) is 5.75 Å². The number of Topliss-reactive ketones (excluding diaryl/α,β-unsaturated/α-hetero) is 1. The summed E-state index contributed by atoms with van der Waals surface area (Å²) in [5.74, 6) is 1.11. The number of nitrogens with zero attached hydrogens (tertiary/aromatic N) is 2. The summed E-state index contributed by atoms with van der Waals surface area (Å²) in [6, 6.07) is 14.3. The molecule has 1 amide bonds. The van der Waals surface area contributed by atoms with Crippen LogP contribution in [0, 0.1) is 0 Å². The maximum atomic E-state index is 12.5. The Kier molecular flexibility index (Phi) is 8.86. The van der Waals surface area contributed by atoms with Crippen LogP contribution in [0.2, 0.25) is 0 Å². The van der Waals surface area contributed by atoms with E-state index in [2.05, 4.69) is 22.4 Å². The first-order valence-corrected chi connectivity index (χ1v) is 11.7. The zero-order chi connectivity index (χ0) is 22.8. The van der Waals surface area contributed by atoms with Gasteiger partial charge in [0.05, 0.1) is 17.9 Å². The molecule has 0 fully saturated rings. The number of benzene rings is 2. The summed E-state index contributed by atoms with van der Waals surface area (Å²) in [7, 11) is 0. The van der Waals surface area contributed by atoms with Crippen LogP contribution < -0.4 is 10.1 Å². The molecule has 8 heteroatoms. The van der Waals surface area contributed by atoms with Crippen molar-refractivity contribution in [1.29, 1.82) is 0 Å². The zero-order valence-electron chi connectivity index (χ0n) is 18.3. The highest BCUT2D eigenvalue weighted by Gasteiger charge is 2.15. The topological polar surface area (TPSA) is 94.3 Å². The highest BCUT2D eigenvalue weighted by Crippen LogP contribution is 2.30. The van der Waals surface area contributed by atoms with E-state index in [4.69, 9.17) is 9.15 Å². The smallest absolute Gasteiger partial charge is 0.277 e.